The minimum Gasteiger partial charge on any atom is -0.379 e. The molecule has 90 valence electrons. The van der Waals surface area contributed by atoms with E-state index in [0.29, 0.717) is 18.6 Å². The minimum atomic E-state index is -2.06. The largest absolute Gasteiger partial charge is 0.483 e. The van der Waals surface area contributed by atoms with Gasteiger partial charge < -0.3 is 13.3 Å². The zero-order valence-corrected chi connectivity index (χ0v) is 10.4. The van der Waals surface area contributed by atoms with Gasteiger partial charge in [-0.3, -0.25) is 0 Å². The first-order valence-corrected chi connectivity index (χ1v) is 6.20. The zero-order valence-electron chi connectivity index (χ0n) is 9.20. The number of hydrogen-bond acceptors (Lipinski definition) is 3. The molecule has 0 bridgehead atoms. The number of benzene rings is 1. The molecule has 0 aromatic heterocycles. The van der Waals surface area contributed by atoms with Crippen molar-refractivity contribution in [1.82, 2.24) is 0 Å². The van der Waals surface area contributed by atoms with Crippen LogP contribution in [0.3, 0.4) is 0 Å². The molecular formula is C10H14F2O3Si. The van der Waals surface area contributed by atoms with Gasteiger partial charge in [0.25, 0.3) is 0 Å². The molecule has 0 saturated carbocycles. The van der Waals surface area contributed by atoms with Gasteiger partial charge in [0.1, 0.15) is 11.6 Å². The number of rotatable bonds is 6. The highest BCUT2D eigenvalue weighted by Gasteiger charge is 2.11. The van der Waals surface area contributed by atoms with Gasteiger partial charge in [0.15, 0.2) is 0 Å². The molecule has 0 unspecified atom stereocenters. The molecule has 3 nitrogen and oxygen atoms in total. The van der Waals surface area contributed by atoms with E-state index in [0.717, 1.165) is 6.07 Å². The average molecular weight is 248 g/mol. The topological polar surface area (TPSA) is 27.7 Å². The summed E-state index contributed by atoms with van der Waals surface area (Å²) in [4.78, 5) is 0. The molecule has 0 saturated heterocycles. The third-order valence-electron chi connectivity index (χ3n) is 2.03. The van der Waals surface area contributed by atoms with Crippen molar-refractivity contribution >= 4 is 9.53 Å². The highest BCUT2D eigenvalue weighted by molar-refractivity contribution is 6.36. The highest BCUT2D eigenvalue weighted by atomic mass is 28.3. The summed E-state index contributed by atoms with van der Waals surface area (Å²) in [6, 6.07) is 3.49. The van der Waals surface area contributed by atoms with Crippen LogP contribution in [0.2, 0.25) is 0 Å². The number of halogens is 2. The van der Waals surface area contributed by atoms with Crippen LogP contribution in [0.15, 0.2) is 18.2 Å². The van der Waals surface area contributed by atoms with Crippen LogP contribution in [0.1, 0.15) is 5.56 Å². The highest BCUT2D eigenvalue weighted by Crippen LogP contribution is 2.10. The van der Waals surface area contributed by atoms with Crippen molar-refractivity contribution < 1.29 is 22.1 Å². The van der Waals surface area contributed by atoms with E-state index < -0.39 is 21.2 Å². The van der Waals surface area contributed by atoms with Crippen molar-refractivity contribution in [2.45, 2.75) is 6.42 Å². The molecule has 6 heteroatoms. The van der Waals surface area contributed by atoms with Crippen LogP contribution in [0.4, 0.5) is 8.78 Å². The van der Waals surface area contributed by atoms with Crippen LogP contribution in [0.5, 0.6) is 0 Å². The van der Waals surface area contributed by atoms with Crippen LogP contribution >= 0.6 is 0 Å². The molecule has 16 heavy (non-hydrogen) atoms. The molecule has 1 aromatic carbocycles. The van der Waals surface area contributed by atoms with Gasteiger partial charge in [-0.2, -0.15) is 0 Å². The Labute approximate surface area is 94.9 Å². The predicted molar refractivity (Wildman–Crippen MR) is 57.2 cm³/mol. The van der Waals surface area contributed by atoms with E-state index in [1.165, 1.54) is 26.4 Å². The van der Waals surface area contributed by atoms with Crippen molar-refractivity contribution in [1.29, 1.82) is 0 Å². The summed E-state index contributed by atoms with van der Waals surface area (Å²) in [5.74, 6) is -1.14. The van der Waals surface area contributed by atoms with E-state index in [2.05, 4.69) is 0 Å². The van der Waals surface area contributed by atoms with Crippen LogP contribution in [0, 0.1) is 11.6 Å². The second kappa shape index (κ2) is 6.69. The van der Waals surface area contributed by atoms with Gasteiger partial charge in [-0.1, -0.05) is 6.07 Å². The molecule has 0 aliphatic heterocycles. The second-order valence-corrected chi connectivity index (χ2v) is 4.97. The monoisotopic (exact) mass is 248 g/mol. The molecule has 0 amide bonds. The van der Waals surface area contributed by atoms with Gasteiger partial charge in [0.05, 0.1) is 0 Å². The molecule has 1 aromatic rings. The van der Waals surface area contributed by atoms with Gasteiger partial charge >= 0.3 is 9.53 Å². The summed E-state index contributed by atoms with van der Waals surface area (Å²) in [6.45, 7) is 0.293. The summed E-state index contributed by atoms with van der Waals surface area (Å²) in [5.41, 5.74) is 0.418. The van der Waals surface area contributed by atoms with E-state index in [-0.39, 0.29) is 0 Å². The van der Waals surface area contributed by atoms with E-state index in [1.54, 1.807) is 0 Å². The fourth-order valence-corrected chi connectivity index (χ4v) is 2.00. The first-order valence-electron chi connectivity index (χ1n) is 4.78. The lowest BCUT2D eigenvalue weighted by Crippen LogP contribution is -2.25. The molecule has 0 spiro atoms. The second-order valence-electron chi connectivity index (χ2n) is 3.12. The molecule has 0 aliphatic carbocycles. The molecule has 0 atom stereocenters. The Kier molecular flexibility index (Phi) is 5.54. The van der Waals surface area contributed by atoms with Gasteiger partial charge in [-0.15, -0.1) is 0 Å². The van der Waals surface area contributed by atoms with Crippen molar-refractivity contribution in [2.24, 2.45) is 0 Å². The SMILES string of the molecule is CO[SiH](OC)OCCc1ccc(F)cc1F. The van der Waals surface area contributed by atoms with Crippen molar-refractivity contribution in [3.05, 3.63) is 35.4 Å². The van der Waals surface area contributed by atoms with Crippen molar-refractivity contribution in [3.8, 4) is 0 Å². The smallest absolute Gasteiger partial charge is 0.379 e. The lowest BCUT2D eigenvalue weighted by atomic mass is 10.1. The van der Waals surface area contributed by atoms with E-state index in [1.807, 2.05) is 0 Å². The van der Waals surface area contributed by atoms with E-state index >= 15 is 0 Å². The Balaban J connectivity index is 2.42. The molecule has 0 aliphatic rings. The van der Waals surface area contributed by atoms with E-state index in [4.69, 9.17) is 13.3 Å². The first-order chi connectivity index (χ1) is 7.67. The zero-order chi connectivity index (χ0) is 12.0. The first kappa shape index (κ1) is 13.2. The third kappa shape index (κ3) is 3.97. The number of hydrogen-bond donors (Lipinski definition) is 0. The van der Waals surface area contributed by atoms with Crippen LogP contribution < -0.4 is 0 Å². The third-order valence-corrected chi connectivity index (χ3v) is 3.30. The normalized spacial score (nSPS) is 11.1. The minimum absolute atomic E-state index is 0.293. The molecular weight excluding hydrogens is 234 g/mol. The lowest BCUT2D eigenvalue weighted by Gasteiger charge is -2.11. The fourth-order valence-electron chi connectivity index (χ4n) is 1.22. The van der Waals surface area contributed by atoms with Gasteiger partial charge in [0.2, 0.25) is 0 Å². The maximum atomic E-state index is 13.2. The Morgan fingerprint density at radius 3 is 2.44 bits per heavy atom. The maximum absolute atomic E-state index is 13.2. The van der Waals surface area contributed by atoms with Gasteiger partial charge in [0, 0.05) is 26.9 Å². The van der Waals surface area contributed by atoms with Crippen LogP contribution in [0.25, 0.3) is 0 Å². The lowest BCUT2D eigenvalue weighted by molar-refractivity contribution is 0.136. The molecule has 0 heterocycles. The van der Waals surface area contributed by atoms with Crippen molar-refractivity contribution in [3.63, 3.8) is 0 Å². The van der Waals surface area contributed by atoms with Crippen LogP contribution in [-0.2, 0) is 19.7 Å². The van der Waals surface area contributed by atoms with E-state index in [9.17, 15) is 8.78 Å². The van der Waals surface area contributed by atoms with Gasteiger partial charge in [-0.05, 0) is 18.1 Å². The predicted octanol–water partition coefficient (Wildman–Crippen LogP) is 1.53. The standard InChI is InChI=1S/C10H14F2O3Si/c1-13-16(14-2)15-6-5-8-3-4-9(11)7-10(8)12/h3-4,7,16H,5-6H2,1-2H3. The average Bonchev–Trinajstić information content (AvgIpc) is 2.27. The molecule has 1 rings (SSSR count). The van der Waals surface area contributed by atoms with Crippen LogP contribution in [-0.4, -0.2) is 30.4 Å². The maximum Gasteiger partial charge on any atom is 0.483 e. The molecule has 0 radical (unpaired) electrons. The quantitative estimate of drug-likeness (QED) is 0.715. The Morgan fingerprint density at radius 1 is 1.19 bits per heavy atom. The Morgan fingerprint density at radius 2 is 1.88 bits per heavy atom. The summed E-state index contributed by atoms with van der Waals surface area (Å²) in [7, 11) is 0.942. The Bertz CT molecular complexity index is 332. The fraction of sp³-hybridized carbons (Fsp3) is 0.400. The summed E-state index contributed by atoms with van der Waals surface area (Å²) in [6.07, 6.45) is 0.363. The van der Waals surface area contributed by atoms with Crippen molar-refractivity contribution in [2.75, 3.05) is 20.8 Å². The Hall–Kier alpha value is -0.823. The molecule has 0 fully saturated rings. The summed E-state index contributed by atoms with van der Waals surface area (Å²) in [5, 5.41) is 0. The summed E-state index contributed by atoms with van der Waals surface area (Å²) >= 11 is 0. The summed E-state index contributed by atoms with van der Waals surface area (Å²) < 4.78 is 40.9. The van der Waals surface area contributed by atoms with Gasteiger partial charge in [-0.25, -0.2) is 8.78 Å². The molecule has 0 N–H and O–H groups in total.